The number of amides is 1. The third-order valence-electron chi connectivity index (χ3n) is 5.07. The topological polar surface area (TPSA) is 61.9 Å². The lowest BCUT2D eigenvalue weighted by Crippen LogP contribution is -2.29. The number of nitrogens with one attached hydrogen (secondary N) is 1. The maximum absolute atomic E-state index is 13.5. The Labute approximate surface area is 151 Å². The highest BCUT2D eigenvalue weighted by Gasteiger charge is 2.31. The van der Waals surface area contributed by atoms with Crippen LogP contribution in [0.3, 0.4) is 0 Å². The summed E-state index contributed by atoms with van der Waals surface area (Å²) in [6.45, 7) is 7.05. The smallest absolute Gasteiger partial charge is 0.270 e. The van der Waals surface area contributed by atoms with Crippen molar-refractivity contribution in [2.45, 2.75) is 33.1 Å². The lowest BCUT2D eigenvalue weighted by Gasteiger charge is -2.16. The molecule has 1 aromatic carbocycles. The number of aromatic nitrogens is 3. The van der Waals surface area contributed by atoms with Gasteiger partial charge in [-0.3, -0.25) is 4.79 Å². The Bertz CT molecular complexity index is 990. The van der Waals surface area contributed by atoms with Gasteiger partial charge in [-0.05, 0) is 57.0 Å². The van der Waals surface area contributed by atoms with Crippen molar-refractivity contribution in [1.29, 1.82) is 0 Å². The zero-order valence-corrected chi connectivity index (χ0v) is 15.1. The van der Waals surface area contributed by atoms with Crippen LogP contribution in [0, 0.1) is 26.6 Å². The number of benzene rings is 1. The molecule has 4 rings (SSSR count). The van der Waals surface area contributed by atoms with E-state index in [0.717, 1.165) is 40.1 Å². The lowest BCUT2D eigenvalue weighted by molar-refractivity contribution is 0.0785. The van der Waals surface area contributed by atoms with Gasteiger partial charge in [0, 0.05) is 41.3 Å². The quantitative estimate of drug-likeness (QED) is 0.766. The highest BCUT2D eigenvalue weighted by molar-refractivity contribution is 6.01. The van der Waals surface area contributed by atoms with Crippen LogP contribution in [0.4, 0.5) is 4.39 Å². The number of carbonyl (C=O) groups is 1. The maximum Gasteiger partial charge on any atom is 0.270 e. The van der Waals surface area contributed by atoms with E-state index in [0.29, 0.717) is 18.8 Å². The molecule has 0 radical (unpaired) electrons. The maximum atomic E-state index is 13.5. The molecule has 0 bridgehead atoms. The minimum absolute atomic E-state index is 0.0500. The first-order valence-corrected chi connectivity index (χ1v) is 8.81. The van der Waals surface area contributed by atoms with Gasteiger partial charge in [0.05, 0.1) is 0 Å². The van der Waals surface area contributed by atoms with Crippen molar-refractivity contribution in [2.75, 3.05) is 13.1 Å². The Morgan fingerprint density at radius 3 is 2.65 bits per heavy atom. The van der Waals surface area contributed by atoms with E-state index in [4.69, 9.17) is 0 Å². The van der Waals surface area contributed by atoms with E-state index in [1.165, 1.54) is 12.1 Å². The van der Waals surface area contributed by atoms with E-state index in [1.807, 2.05) is 31.7 Å². The molecule has 0 unspecified atom stereocenters. The molecule has 1 amide bonds. The first-order chi connectivity index (χ1) is 12.4. The van der Waals surface area contributed by atoms with E-state index in [1.54, 1.807) is 6.07 Å². The van der Waals surface area contributed by atoms with Gasteiger partial charge >= 0.3 is 0 Å². The van der Waals surface area contributed by atoms with Crippen molar-refractivity contribution >= 4 is 16.8 Å². The molecular formula is C20H21FN4O. The van der Waals surface area contributed by atoms with Crippen LogP contribution in [-0.2, 0) is 0 Å². The molecule has 0 saturated carbocycles. The van der Waals surface area contributed by atoms with Gasteiger partial charge in [0.1, 0.15) is 17.3 Å². The standard InChI is InChI=1S/C20H21FN4O/c1-11-8-12(2)23-19(22-11)14-6-7-25(10-14)20(26)18-13(3)16-9-15(21)4-5-17(16)24-18/h4-5,8-9,14,24H,6-7,10H2,1-3H3/t14-/m0/s1. The molecule has 1 fully saturated rings. The van der Waals surface area contributed by atoms with Gasteiger partial charge in [0.25, 0.3) is 5.91 Å². The number of carbonyl (C=O) groups excluding carboxylic acids is 1. The van der Waals surface area contributed by atoms with E-state index in [-0.39, 0.29) is 17.6 Å². The van der Waals surface area contributed by atoms with Crippen LogP contribution in [0.1, 0.15) is 45.6 Å². The summed E-state index contributed by atoms with van der Waals surface area (Å²) >= 11 is 0. The normalized spacial score (nSPS) is 17.2. The van der Waals surface area contributed by atoms with Gasteiger partial charge in [-0.2, -0.15) is 0 Å². The van der Waals surface area contributed by atoms with Gasteiger partial charge < -0.3 is 9.88 Å². The number of rotatable bonds is 2. The van der Waals surface area contributed by atoms with Crippen molar-refractivity contribution in [3.8, 4) is 0 Å². The third kappa shape index (κ3) is 2.85. The molecule has 2 aromatic heterocycles. The lowest BCUT2D eigenvalue weighted by atomic mass is 10.1. The minimum Gasteiger partial charge on any atom is -0.350 e. The molecule has 0 aliphatic carbocycles. The van der Waals surface area contributed by atoms with Crippen LogP contribution in [0.25, 0.3) is 10.9 Å². The predicted octanol–water partition coefficient (Wildman–Crippen LogP) is 3.65. The summed E-state index contributed by atoms with van der Waals surface area (Å²) in [5.41, 5.74) is 4.00. The predicted molar refractivity (Wildman–Crippen MR) is 97.8 cm³/mol. The fraction of sp³-hybridized carbons (Fsp3) is 0.350. The minimum atomic E-state index is -0.299. The van der Waals surface area contributed by atoms with Gasteiger partial charge in [-0.25, -0.2) is 14.4 Å². The summed E-state index contributed by atoms with van der Waals surface area (Å²) in [4.78, 5) is 27.1. The van der Waals surface area contributed by atoms with Crippen molar-refractivity contribution in [3.05, 3.63) is 58.6 Å². The highest BCUT2D eigenvalue weighted by Crippen LogP contribution is 2.29. The number of hydrogen-bond donors (Lipinski definition) is 1. The molecule has 1 saturated heterocycles. The molecule has 0 spiro atoms. The first kappa shape index (κ1) is 16.7. The number of likely N-dealkylation sites (tertiary alicyclic amines) is 1. The second kappa shape index (κ2) is 6.20. The van der Waals surface area contributed by atoms with Crippen molar-refractivity contribution < 1.29 is 9.18 Å². The summed E-state index contributed by atoms with van der Waals surface area (Å²) < 4.78 is 13.5. The number of nitrogens with zero attached hydrogens (tertiary/aromatic N) is 3. The van der Waals surface area contributed by atoms with Crippen LogP contribution >= 0.6 is 0 Å². The Hall–Kier alpha value is -2.76. The summed E-state index contributed by atoms with van der Waals surface area (Å²) in [5.74, 6) is 0.616. The number of aryl methyl sites for hydroxylation is 3. The van der Waals surface area contributed by atoms with Crippen LogP contribution < -0.4 is 0 Å². The van der Waals surface area contributed by atoms with Gasteiger partial charge in [0.2, 0.25) is 0 Å². The van der Waals surface area contributed by atoms with Gasteiger partial charge in [-0.1, -0.05) is 0 Å². The fourth-order valence-corrected chi connectivity index (χ4v) is 3.76. The number of fused-ring (bicyclic) bond motifs is 1. The van der Waals surface area contributed by atoms with Crippen LogP contribution in [-0.4, -0.2) is 38.8 Å². The van der Waals surface area contributed by atoms with Crippen molar-refractivity contribution in [3.63, 3.8) is 0 Å². The molecular weight excluding hydrogens is 331 g/mol. The number of H-pyrrole nitrogens is 1. The SMILES string of the molecule is Cc1cc(C)nc([C@H]2CCN(C(=O)c3[nH]c4ccc(F)cc4c3C)C2)n1. The average molecular weight is 352 g/mol. The molecule has 26 heavy (non-hydrogen) atoms. The molecule has 1 aliphatic heterocycles. The summed E-state index contributed by atoms with van der Waals surface area (Å²) in [6, 6.07) is 6.49. The number of aromatic amines is 1. The molecule has 1 atom stereocenters. The number of halogens is 1. The van der Waals surface area contributed by atoms with Crippen LogP contribution in [0.5, 0.6) is 0 Å². The molecule has 5 nitrogen and oxygen atoms in total. The molecule has 3 heterocycles. The Morgan fingerprint density at radius 2 is 1.92 bits per heavy atom. The average Bonchev–Trinajstić information content (AvgIpc) is 3.19. The molecule has 3 aromatic rings. The third-order valence-corrected chi connectivity index (χ3v) is 5.07. The largest absolute Gasteiger partial charge is 0.350 e. The van der Waals surface area contributed by atoms with E-state index in [2.05, 4.69) is 15.0 Å². The van der Waals surface area contributed by atoms with E-state index in [9.17, 15) is 9.18 Å². The van der Waals surface area contributed by atoms with Gasteiger partial charge in [-0.15, -0.1) is 0 Å². The first-order valence-electron chi connectivity index (χ1n) is 8.81. The van der Waals surface area contributed by atoms with Crippen LogP contribution in [0.2, 0.25) is 0 Å². The van der Waals surface area contributed by atoms with Gasteiger partial charge in [0.15, 0.2) is 0 Å². The second-order valence-electron chi connectivity index (χ2n) is 7.06. The summed E-state index contributed by atoms with van der Waals surface area (Å²) in [6.07, 6.45) is 0.850. The monoisotopic (exact) mass is 352 g/mol. The van der Waals surface area contributed by atoms with Crippen LogP contribution in [0.15, 0.2) is 24.3 Å². The highest BCUT2D eigenvalue weighted by atomic mass is 19.1. The summed E-state index contributed by atoms with van der Waals surface area (Å²) in [5, 5.41) is 0.752. The molecule has 1 aliphatic rings. The Balaban J connectivity index is 1.59. The van der Waals surface area contributed by atoms with Crippen molar-refractivity contribution in [1.82, 2.24) is 19.9 Å². The molecule has 6 heteroatoms. The Kier molecular flexibility index (Phi) is 3.98. The zero-order chi connectivity index (χ0) is 18.4. The zero-order valence-electron chi connectivity index (χ0n) is 15.1. The fourth-order valence-electron chi connectivity index (χ4n) is 3.76. The van der Waals surface area contributed by atoms with Crippen molar-refractivity contribution in [2.24, 2.45) is 0 Å². The molecule has 1 N–H and O–H groups in total. The Morgan fingerprint density at radius 1 is 1.19 bits per heavy atom. The molecule has 134 valence electrons. The summed E-state index contributed by atoms with van der Waals surface area (Å²) in [7, 11) is 0. The number of hydrogen-bond acceptors (Lipinski definition) is 3. The van der Waals surface area contributed by atoms with E-state index < -0.39 is 0 Å². The second-order valence-corrected chi connectivity index (χ2v) is 7.06. The van der Waals surface area contributed by atoms with E-state index >= 15 is 0 Å².